The van der Waals surface area contributed by atoms with Gasteiger partial charge in [0.1, 0.15) is 5.75 Å². The highest BCUT2D eigenvalue weighted by molar-refractivity contribution is 7.89. The standard InChI is InChI=1S/C22H24ClN3O4S2/c1-3-4-10-24-32(28,29)18-8-9-21(19(23)12-18)30-13-22(27)26-17-7-5-6-16(11-17)20-14-31-15(2)25-20/h5-9,11-12,14,24H,3-4,10,13H2,1-2H3,(H,26,27). The zero-order chi connectivity index (χ0) is 23.1. The summed E-state index contributed by atoms with van der Waals surface area (Å²) in [6.45, 7) is 4.00. The predicted molar refractivity (Wildman–Crippen MR) is 128 cm³/mol. The molecule has 3 rings (SSSR count). The molecule has 170 valence electrons. The predicted octanol–water partition coefficient (Wildman–Crippen LogP) is 4.87. The van der Waals surface area contributed by atoms with Gasteiger partial charge in [0.2, 0.25) is 10.0 Å². The van der Waals surface area contributed by atoms with Crippen molar-refractivity contribution >= 4 is 44.6 Å². The number of ether oxygens (including phenoxy) is 1. The molecule has 2 aromatic carbocycles. The summed E-state index contributed by atoms with van der Waals surface area (Å²) < 4.78 is 32.6. The summed E-state index contributed by atoms with van der Waals surface area (Å²) in [6.07, 6.45) is 1.63. The Morgan fingerprint density at radius 1 is 1.22 bits per heavy atom. The lowest BCUT2D eigenvalue weighted by atomic mass is 10.1. The summed E-state index contributed by atoms with van der Waals surface area (Å²) in [7, 11) is -3.64. The van der Waals surface area contributed by atoms with Crippen molar-refractivity contribution in [2.45, 2.75) is 31.6 Å². The van der Waals surface area contributed by atoms with Crippen LogP contribution in [-0.2, 0) is 14.8 Å². The molecule has 2 N–H and O–H groups in total. The average molecular weight is 494 g/mol. The highest BCUT2D eigenvalue weighted by Gasteiger charge is 2.16. The SMILES string of the molecule is CCCCNS(=O)(=O)c1ccc(OCC(=O)Nc2cccc(-c3csc(C)n3)c2)c(Cl)c1. The van der Waals surface area contributed by atoms with E-state index in [1.807, 2.05) is 37.4 Å². The maximum absolute atomic E-state index is 12.3. The largest absolute Gasteiger partial charge is 0.482 e. The highest BCUT2D eigenvalue weighted by Crippen LogP contribution is 2.28. The number of amides is 1. The third kappa shape index (κ3) is 6.52. The molecular weight excluding hydrogens is 470 g/mol. The minimum absolute atomic E-state index is 0.0458. The van der Waals surface area contributed by atoms with Crippen molar-refractivity contribution in [1.82, 2.24) is 9.71 Å². The van der Waals surface area contributed by atoms with Crippen LogP contribution in [0.2, 0.25) is 5.02 Å². The molecule has 0 aliphatic carbocycles. The van der Waals surface area contributed by atoms with E-state index in [-0.39, 0.29) is 28.2 Å². The molecule has 3 aromatic rings. The average Bonchev–Trinajstić information content (AvgIpc) is 3.19. The zero-order valence-corrected chi connectivity index (χ0v) is 20.1. The Morgan fingerprint density at radius 2 is 2.03 bits per heavy atom. The van der Waals surface area contributed by atoms with Gasteiger partial charge >= 0.3 is 0 Å². The Bertz CT molecular complexity index is 1200. The number of nitrogens with zero attached hydrogens (tertiary/aromatic N) is 1. The van der Waals surface area contributed by atoms with Crippen LogP contribution in [0.5, 0.6) is 5.75 Å². The number of carbonyl (C=O) groups is 1. The molecule has 1 heterocycles. The number of nitrogens with one attached hydrogen (secondary N) is 2. The lowest BCUT2D eigenvalue weighted by Gasteiger charge is -2.11. The number of sulfonamides is 1. The monoisotopic (exact) mass is 493 g/mol. The highest BCUT2D eigenvalue weighted by atomic mass is 35.5. The van der Waals surface area contributed by atoms with Crippen molar-refractivity contribution in [2.24, 2.45) is 0 Å². The van der Waals surface area contributed by atoms with Crippen molar-refractivity contribution in [3.05, 3.63) is 57.9 Å². The van der Waals surface area contributed by atoms with Gasteiger partial charge < -0.3 is 10.1 Å². The molecule has 0 fully saturated rings. The quantitative estimate of drug-likeness (QED) is 0.393. The molecule has 1 aromatic heterocycles. The third-order valence-electron chi connectivity index (χ3n) is 4.46. The molecule has 32 heavy (non-hydrogen) atoms. The molecule has 0 aliphatic heterocycles. The van der Waals surface area contributed by atoms with Gasteiger partial charge in [0.25, 0.3) is 5.91 Å². The van der Waals surface area contributed by atoms with E-state index in [0.717, 1.165) is 29.1 Å². The van der Waals surface area contributed by atoms with E-state index in [1.165, 1.54) is 18.2 Å². The molecule has 0 bridgehead atoms. The van der Waals surface area contributed by atoms with E-state index in [9.17, 15) is 13.2 Å². The second-order valence-corrected chi connectivity index (χ2v) is 10.2. The van der Waals surface area contributed by atoms with Crippen LogP contribution in [0.25, 0.3) is 11.3 Å². The number of rotatable bonds is 10. The van der Waals surface area contributed by atoms with Crippen molar-refractivity contribution in [3.8, 4) is 17.0 Å². The van der Waals surface area contributed by atoms with Crippen LogP contribution < -0.4 is 14.8 Å². The van der Waals surface area contributed by atoms with Crippen LogP contribution in [0.4, 0.5) is 5.69 Å². The topological polar surface area (TPSA) is 97.4 Å². The number of unbranched alkanes of at least 4 members (excludes halogenated alkanes) is 1. The number of carbonyl (C=O) groups excluding carboxylic acids is 1. The molecule has 0 radical (unpaired) electrons. The molecule has 0 spiro atoms. The number of halogens is 1. The molecule has 0 atom stereocenters. The van der Waals surface area contributed by atoms with Gasteiger partial charge in [-0.1, -0.05) is 37.1 Å². The molecule has 0 unspecified atom stereocenters. The van der Waals surface area contributed by atoms with E-state index in [2.05, 4.69) is 15.0 Å². The van der Waals surface area contributed by atoms with Gasteiger partial charge in [0.05, 0.1) is 20.6 Å². The summed E-state index contributed by atoms with van der Waals surface area (Å²) in [4.78, 5) is 16.8. The lowest BCUT2D eigenvalue weighted by molar-refractivity contribution is -0.118. The van der Waals surface area contributed by atoms with E-state index in [0.29, 0.717) is 12.2 Å². The number of hydrogen-bond donors (Lipinski definition) is 2. The molecule has 0 saturated carbocycles. The maximum Gasteiger partial charge on any atom is 0.262 e. The zero-order valence-electron chi connectivity index (χ0n) is 17.7. The number of thiazole rings is 1. The Labute approximate surface area is 196 Å². The first-order valence-corrected chi connectivity index (χ1v) is 12.8. The van der Waals surface area contributed by atoms with Crippen molar-refractivity contribution in [2.75, 3.05) is 18.5 Å². The third-order valence-corrected chi connectivity index (χ3v) is 6.98. The number of benzene rings is 2. The summed E-state index contributed by atoms with van der Waals surface area (Å²) in [5.74, 6) is -0.147. The van der Waals surface area contributed by atoms with Gasteiger partial charge in [-0.25, -0.2) is 18.1 Å². The summed E-state index contributed by atoms with van der Waals surface area (Å²) in [6, 6.07) is 11.5. The lowest BCUT2D eigenvalue weighted by Crippen LogP contribution is -2.24. The fourth-order valence-electron chi connectivity index (χ4n) is 2.83. The second kappa shape index (κ2) is 10.9. The summed E-state index contributed by atoms with van der Waals surface area (Å²) in [5, 5.41) is 5.81. The molecule has 7 nitrogen and oxygen atoms in total. The van der Waals surface area contributed by atoms with Crippen LogP contribution in [0.3, 0.4) is 0 Å². The van der Waals surface area contributed by atoms with Crippen LogP contribution in [0.1, 0.15) is 24.8 Å². The van der Waals surface area contributed by atoms with Gasteiger partial charge in [0, 0.05) is 23.2 Å². The summed E-state index contributed by atoms with van der Waals surface area (Å²) in [5.41, 5.74) is 2.37. The van der Waals surface area contributed by atoms with Crippen molar-refractivity contribution in [3.63, 3.8) is 0 Å². The minimum Gasteiger partial charge on any atom is -0.482 e. The number of aromatic nitrogens is 1. The molecule has 10 heteroatoms. The van der Waals surface area contributed by atoms with Gasteiger partial charge in [-0.05, 0) is 43.7 Å². The van der Waals surface area contributed by atoms with Crippen LogP contribution in [0.15, 0.2) is 52.7 Å². The van der Waals surface area contributed by atoms with Gasteiger partial charge in [-0.3, -0.25) is 4.79 Å². The van der Waals surface area contributed by atoms with Gasteiger partial charge in [0.15, 0.2) is 6.61 Å². The van der Waals surface area contributed by atoms with E-state index in [1.54, 1.807) is 17.4 Å². The van der Waals surface area contributed by atoms with E-state index >= 15 is 0 Å². The Balaban J connectivity index is 1.59. The van der Waals surface area contributed by atoms with E-state index in [4.69, 9.17) is 16.3 Å². The second-order valence-electron chi connectivity index (χ2n) is 7.01. The molecule has 0 aliphatic rings. The first-order valence-electron chi connectivity index (χ1n) is 10.0. The Hall–Kier alpha value is -2.46. The molecule has 0 saturated heterocycles. The van der Waals surface area contributed by atoms with Gasteiger partial charge in [-0.15, -0.1) is 11.3 Å². The number of aryl methyl sites for hydroxylation is 1. The van der Waals surface area contributed by atoms with Gasteiger partial charge in [-0.2, -0.15) is 0 Å². The van der Waals surface area contributed by atoms with Crippen molar-refractivity contribution < 1.29 is 17.9 Å². The normalized spacial score (nSPS) is 11.3. The fourth-order valence-corrected chi connectivity index (χ4v) is 4.85. The van der Waals surface area contributed by atoms with Crippen LogP contribution >= 0.6 is 22.9 Å². The van der Waals surface area contributed by atoms with Crippen LogP contribution in [-0.4, -0.2) is 32.5 Å². The van der Waals surface area contributed by atoms with E-state index < -0.39 is 10.0 Å². The fraction of sp³-hybridized carbons (Fsp3) is 0.273. The smallest absolute Gasteiger partial charge is 0.262 e. The van der Waals surface area contributed by atoms with Crippen molar-refractivity contribution in [1.29, 1.82) is 0 Å². The molecule has 1 amide bonds. The first-order chi connectivity index (χ1) is 15.3. The minimum atomic E-state index is -3.64. The number of anilines is 1. The summed E-state index contributed by atoms with van der Waals surface area (Å²) >= 11 is 7.74. The number of hydrogen-bond acceptors (Lipinski definition) is 6. The van der Waals surface area contributed by atoms with Crippen LogP contribution in [0, 0.1) is 6.92 Å². The first kappa shape index (κ1) is 24.2. The molecular formula is C22H24ClN3O4S2. The Kier molecular flexibility index (Phi) is 8.25. The Morgan fingerprint density at radius 3 is 2.72 bits per heavy atom. The maximum atomic E-state index is 12.3.